The average molecular weight is 311 g/mol. The number of rotatable bonds is 4. The molecule has 8 nitrogen and oxygen atoms in total. The minimum Gasteiger partial charge on any atom is -0.348 e. The quantitative estimate of drug-likeness (QED) is 0.746. The van der Waals surface area contributed by atoms with Crippen LogP contribution in [0.5, 0.6) is 0 Å². The van der Waals surface area contributed by atoms with Gasteiger partial charge in [0.05, 0.1) is 0 Å². The molecule has 1 aliphatic rings. The number of carbonyl (C=O) groups excluding carboxylic acids is 1. The Morgan fingerprint density at radius 2 is 2.13 bits per heavy atom. The second kappa shape index (κ2) is 5.31. The minimum atomic E-state index is -0.459. The van der Waals surface area contributed by atoms with Gasteiger partial charge in [0.15, 0.2) is 0 Å². The zero-order valence-electron chi connectivity index (χ0n) is 12.1. The number of nitrogens with zero attached hydrogens (tertiary/aromatic N) is 3. The molecule has 2 aromatic heterocycles. The van der Waals surface area contributed by atoms with Crippen molar-refractivity contribution < 1.29 is 9.42 Å². The van der Waals surface area contributed by atoms with Gasteiger partial charge in [-0.1, -0.05) is 6.07 Å². The largest absolute Gasteiger partial charge is 0.348 e. The third kappa shape index (κ3) is 2.70. The van der Waals surface area contributed by atoms with Crippen LogP contribution >= 0.6 is 0 Å². The Morgan fingerprint density at radius 1 is 1.30 bits per heavy atom. The van der Waals surface area contributed by atoms with Crippen molar-refractivity contribution in [3.63, 3.8) is 0 Å². The van der Waals surface area contributed by atoms with Crippen molar-refractivity contribution in [3.8, 4) is 0 Å². The Hall–Kier alpha value is -3.03. The van der Waals surface area contributed by atoms with Gasteiger partial charge in [0.2, 0.25) is 0 Å². The lowest BCUT2D eigenvalue weighted by atomic mass is 10.2. The molecule has 1 aromatic carbocycles. The van der Waals surface area contributed by atoms with Crippen molar-refractivity contribution in [2.24, 2.45) is 0 Å². The van der Waals surface area contributed by atoms with Crippen molar-refractivity contribution in [1.29, 1.82) is 0 Å². The Bertz CT molecular complexity index is 941. The molecule has 1 fully saturated rings. The van der Waals surface area contributed by atoms with Crippen LogP contribution in [0.15, 0.2) is 33.8 Å². The molecule has 1 amide bonds. The summed E-state index contributed by atoms with van der Waals surface area (Å²) in [7, 11) is 0. The normalized spacial score (nSPS) is 14.1. The number of H-pyrrole nitrogens is 1. The molecule has 0 radical (unpaired) electrons. The number of nitrogens with one attached hydrogen (secondary N) is 2. The van der Waals surface area contributed by atoms with E-state index in [1.807, 2.05) is 6.07 Å². The van der Waals surface area contributed by atoms with Crippen LogP contribution in [-0.2, 0) is 6.54 Å². The molecule has 3 aromatic rings. The molecule has 0 saturated heterocycles. The van der Waals surface area contributed by atoms with E-state index in [9.17, 15) is 9.59 Å². The number of aromatic nitrogens is 4. The van der Waals surface area contributed by atoms with Crippen molar-refractivity contribution in [1.82, 2.24) is 25.6 Å². The van der Waals surface area contributed by atoms with Gasteiger partial charge < -0.3 is 10.3 Å². The maximum Gasteiger partial charge on any atom is 0.263 e. The first-order chi connectivity index (χ1) is 11.2. The molecule has 2 heterocycles. The average Bonchev–Trinajstić information content (AvgIpc) is 3.30. The van der Waals surface area contributed by atoms with Crippen molar-refractivity contribution >= 4 is 16.9 Å². The highest BCUT2D eigenvalue weighted by Crippen LogP contribution is 2.37. The van der Waals surface area contributed by atoms with Gasteiger partial charge in [-0.05, 0) is 40.9 Å². The SMILES string of the molecule is O=C(NCc1ccc2nonc2c1)c1cnc(C2CC2)[nH]c1=O. The topological polar surface area (TPSA) is 114 Å². The van der Waals surface area contributed by atoms with Crippen molar-refractivity contribution in [2.45, 2.75) is 25.3 Å². The molecular formula is C15H13N5O3. The van der Waals surface area contributed by atoms with Gasteiger partial charge in [-0.3, -0.25) is 9.59 Å². The van der Waals surface area contributed by atoms with E-state index >= 15 is 0 Å². The van der Waals surface area contributed by atoms with Gasteiger partial charge in [-0.25, -0.2) is 9.61 Å². The van der Waals surface area contributed by atoms with Crippen molar-refractivity contribution in [2.75, 3.05) is 0 Å². The smallest absolute Gasteiger partial charge is 0.263 e. The molecule has 1 aliphatic carbocycles. The molecule has 2 N–H and O–H groups in total. The zero-order valence-corrected chi connectivity index (χ0v) is 12.1. The Balaban J connectivity index is 1.47. The van der Waals surface area contributed by atoms with E-state index in [1.54, 1.807) is 12.1 Å². The first-order valence-electron chi connectivity index (χ1n) is 7.29. The molecular weight excluding hydrogens is 298 g/mol. The van der Waals surface area contributed by atoms with E-state index < -0.39 is 11.5 Å². The van der Waals surface area contributed by atoms with Crippen molar-refractivity contribution in [3.05, 3.63) is 51.7 Å². The van der Waals surface area contributed by atoms with E-state index in [-0.39, 0.29) is 12.1 Å². The maximum absolute atomic E-state index is 12.1. The standard InChI is InChI=1S/C15H13N5O3/c21-14(10-7-16-13(9-2-3-9)18-15(10)22)17-6-8-1-4-11-12(5-8)20-23-19-11/h1,4-5,7,9H,2-3,6H2,(H,17,21)(H,16,18,22). The fourth-order valence-corrected chi connectivity index (χ4v) is 2.35. The van der Waals surface area contributed by atoms with Crippen LogP contribution in [0.4, 0.5) is 0 Å². The third-order valence-corrected chi connectivity index (χ3v) is 3.80. The molecule has 8 heteroatoms. The van der Waals surface area contributed by atoms with Gasteiger partial charge in [0.1, 0.15) is 22.4 Å². The predicted molar refractivity (Wildman–Crippen MR) is 79.8 cm³/mol. The number of aromatic amines is 1. The highest BCUT2D eigenvalue weighted by atomic mass is 16.6. The summed E-state index contributed by atoms with van der Waals surface area (Å²) in [6.07, 6.45) is 3.41. The molecule has 1 saturated carbocycles. The van der Waals surface area contributed by atoms with E-state index in [1.165, 1.54) is 6.20 Å². The minimum absolute atomic E-state index is 0.0126. The predicted octanol–water partition coefficient (Wildman–Crippen LogP) is 1.11. The van der Waals surface area contributed by atoms with Crippen LogP contribution in [-0.4, -0.2) is 26.2 Å². The van der Waals surface area contributed by atoms with Gasteiger partial charge in [0, 0.05) is 18.7 Å². The number of amides is 1. The summed E-state index contributed by atoms with van der Waals surface area (Å²) in [5.41, 5.74) is 1.70. The summed E-state index contributed by atoms with van der Waals surface area (Å²) in [5.74, 6) is 0.539. The Morgan fingerprint density at radius 3 is 2.91 bits per heavy atom. The fourth-order valence-electron chi connectivity index (χ4n) is 2.35. The number of benzene rings is 1. The van der Waals surface area contributed by atoms with Gasteiger partial charge in [0.25, 0.3) is 11.5 Å². The summed E-state index contributed by atoms with van der Waals surface area (Å²) in [4.78, 5) is 31.0. The second-order valence-corrected chi connectivity index (χ2v) is 5.56. The molecule has 4 rings (SSSR count). The van der Waals surface area contributed by atoms with Crippen LogP contribution < -0.4 is 10.9 Å². The van der Waals surface area contributed by atoms with E-state index in [0.717, 1.165) is 18.4 Å². The van der Waals surface area contributed by atoms with E-state index in [0.29, 0.717) is 22.8 Å². The highest BCUT2D eigenvalue weighted by Gasteiger charge is 2.26. The molecule has 0 spiro atoms. The number of hydrogen-bond donors (Lipinski definition) is 2. The van der Waals surface area contributed by atoms with Crippen LogP contribution in [0.3, 0.4) is 0 Å². The Labute approximate surface area is 129 Å². The lowest BCUT2D eigenvalue weighted by Gasteiger charge is -2.05. The zero-order chi connectivity index (χ0) is 15.8. The van der Waals surface area contributed by atoms with E-state index in [4.69, 9.17) is 0 Å². The maximum atomic E-state index is 12.1. The second-order valence-electron chi connectivity index (χ2n) is 5.56. The Kier molecular flexibility index (Phi) is 3.14. The first kappa shape index (κ1) is 13.6. The highest BCUT2D eigenvalue weighted by molar-refractivity contribution is 5.93. The first-order valence-corrected chi connectivity index (χ1v) is 7.29. The number of carbonyl (C=O) groups is 1. The van der Waals surface area contributed by atoms with Crippen LogP contribution in [0.1, 0.15) is 40.5 Å². The summed E-state index contributed by atoms with van der Waals surface area (Å²) in [5, 5.41) is 10.2. The molecule has 0 bridgehead atoms. The summed E-state index contributed by atoms with van der Waals surface area (Å²) < 4.78 is 4.63. The van der Waals surface area contributed by atoms with Crippen LogP contribution in [0.2, 0.25) is 0 Å². The van der Waals surface area contributed by atoms with Gasteiger partial charge in [-0.15, -0.1) is 0 Å². The summed E-state index contributed by atoms with van der Waals surface area (Å²) >= 11 is 0. The molecule has 0 aliphatic heterocycles. The monoisotopic (exact) mass is 311 g/mol. The van der Waals surface area contributed by atoms with Crippen LogP contribution in [0, 0.1) is 0 Å². The summed E-state index contributed by atoms with van der Waals surface area (Å²) in [6.45, 7) is 0.269. The number of hydrogen-bond acceptors (Lipinski definition) is 6. The number of fused-ring (bicyclic) bond motifs is 1. The third-order valence-electron chi connectivity index (χ3n) is 3.80. The lowest BCUT2D eigenvalue weighted by Crippen LogP contribution is -2.30. The fraction of sp³-hybridized carbons (Fsp3) is 0.267. The molecule has 116 valence electrons. The van der Waals surface area contributed by atoms with Gasteiger partial charge in [-0.2, -0.15) is 0 Å². The van der Waals surface area contributed by atoms with Gasteiger partial charge >= 0.3 is 0 Å². The molecule has 23 heavy (non-hydrogen) atoms. The lowest BCUT2D eigenvalue weighted by molar-refractivity contribution is 0.0949. The van der Waals surface area contributed by atoms with Crippen LogP contribution in [0.25, 0.3) is 11.0 Å². The molecule has 0 atom stereocenters. The summed E-state index contributed by atoms with van der Waals surface area (Å²) in [6, 6.07) is 5.34. The molecule has 0 unspecified atom stereocenters. The van der Waals surface area contributed by atoms with E-state index in [2.05, 4.69) is 30.2 Å².